The molecule has 1 unspecified atom stereocenters. The summed E-state index contributed by atoms with van der Waals surface area (Å²) in [5.74, 6) is 0. The van der Waals surface area contributed by atoms with Crippen LogP contribution in [0.3, 0.4) is 0 Å². The molecule has 0 amide bonds. The van der Waals surface area contributed by atoms with E-state index in [0.29, 0.717) is 43.3 Å². The van der Waals surface area contributed by atoms with Crippen LogP contribution in [0, 0.1) is 11.3 Å². The third-order valence-corrected chi connectivity index (χ3v) is 6.60. The van der Waals surface area contributed by atoms with Crippen LogP contribution in [0.4, 0.5) is 0 Å². The Morgan fingerprint density at radius 1 is 0.971 bits per heavy atom. The molecule has 34 heavy (non-hydrogen) atoms. The van der Waals surface area contributed by atoms with Crippen LogP contribution in [0.2, 0.25) is 10.0 Å². The molecule has 0 aliphatic rings. The minimum atomic E-state index is -1.53. The van der Waals surface area contributed by atoms with Gasteiger partial charge < -0.3 is 9.67 Å². The number of rotatable bonds is 4. The zero-order chi connectivity index (χ0) is 23.9. The quantitative estimate of drug-likeness (QED) is 0.334. The van der Waals surface area contributed by atoms with E-state index in [2.05, 4.69) is 16.0 Å². The van der Waals surface area contributed by atoms with Gasteiger partial charge in [-0.3, -0.25) is 0 Å². The predicted molar refractivity (Wildman–Crippen MR) is 134 cm³/mol. The SMILES string of the molecule is Cn1cncc1C(O)(c1ccc(Cl)cc1)c1ccc2nc(C#N)c(-c3ccccc3)c(Cl)c2c1. The maximum absolute atomic E-state index is 12.2. The number of nitrogens with zero attached hydrogens (tertiary/aromatic N) is 4. The van der Waals surface area contributed by atoms with Crippen LogP contribution in [0.15, 0.2) is 85.3 Å². The molecule has 0 aliphatic carbocycles. The molecule has 2 aromatic heterocycles. The van der Waals surface area contributed by atoms with Crippen molar-refractivity contribution in [1.82, 2.24) is 14.5 Å². The lowest BCUT2D eigenvalue weighted by Gasteiger charge is -2.30. The van der Waals surface area contributed by atoms with Gasteiger partial charge in [-0.2, -0.15) is 5.26 Å². The molecule has 0 fully saturated rings. The lowest BCUT2D eigenvalue weighted by Crippen LogP contribution is -2.31. The molecule has 0 aliphatic heterocycles. The summed E-state index contributed by atoms with van der Waals surface area (Å²) < 4.78 is 1.77. The van der Waals surface area contributed by atoms with Crippen molar-refractivity contribution in [3.05, 3.63) is 118 Å². The predicted octanol–water partition coefficient (Wildman–Crippen LogP) is 6.10. The van der Waals surface area contributed by atoms with Gasteiger partial charge in [0, 0.05) is 23.0 Å². The lowest BCUT2D eigenvalue weighted by molar-refractivity contribution is 0.117. The van der Waals surface area contributed by atoms with Crippen molar-refractivity contribution in [3.8, 4) is 17.2 Å². The van der Waals surface area contributed by atoms with Gasteiger partial charge in [0.2, 0.25) is 0 Å². The van der Waals surface area contributed by atoms with Crippen molar-refractivity contribution in [2.45, 2.75) is 5.60 Å². The molecule has 3 aromatic carbocycles. The Bertz CT molecular complexity index is 1560. The average molecular weight is 485 g/mol. The van der Waals surface area contributed by atoms with Crippen LogP contribution < -0.4 is 0 Å². The molecule has 5 aromatic rings. The zero-order valence-electron chi connectivity index (χ0n) is 18.1. The summed E-state index contributed by atoms with van der Waals surface area (Å²) in [7, 11) is 1.82. The largest absolute Gasteiger partial charge is 0.374 e. The Hall–Kier alpha value is -3.69. The summed E-state index contributed by atoms with van der Waals surface area (Å²) in [5, 5.41) is 23.5. The molecule has 7 heteroatoms. The molecule has 1 N–H and O–H groups in total. The van der Waals surface area contributed by atoms with Crippen LogP contribution in [0.5, 0.6) is 0 Å². The molecule has 5 nitrogen and oxygen atoms in total. The summed E-state index contributed by atoms with van der Waals surface area (Å²) in [5.41, 5.74) is 2.42. The number of fused-ring (bicyclic) bond motifs is 1. The first kappa shape index (κ1) is 22.1. The molecular formula is C27H18Cl2N4O. The molecule has 0 radical (unpaired) electrons. The monoisotopic (exact) mass is 484 g/mol. The van der Waals surface area contributed by atoms with Gasteiger partial charge in [0.15, 0.2) is 11.3 Å². The highest BCUT2D eigenvalue weighted by molar-refractivity contribution is 6.38. The second-order valence-electron chi connectivity index (χ2n) is 7.97. The van der Waals surface area contributed by atoms with Gasteiger partial charge in [-0.05, 0) is 41.0 Å². The zero-order valence-corrected chi connectivity index (χ0v) is 19.6. The fourth-order valence-electron chi connectivity index (χ4n) is 4.26. The molecule has 0 saturated heterocycles. The molecular weight excluding hydrogens is 467 g/mol. The summed E-state index contributed by atoms with van der Waals surface area (Å²) in [6.07, 6.45) is 3.27. The van der Waals surface area contributed by atoms with Crippen LogP contribution >= 0.6 is 23.2 Å². The van der Waals surface area contributed by atoms with Gasteiger partial charge in [-0.25, -0.2) is 9.97 Å². The molecule has 2 heterocycles. The van der Waals surface area contributed by atoms with Crippen LogP contribution in [0.1, 0.15) is 22.5 Å². The maximum Gasteiger partial charge on any atom is 0.156 e. The highest BCUT2D eigenvalue weighted by atomic mass is 35.5. The Morgan fingerprint density at radius 3 is 2.32 bits per heavy atom. The Labute approximate surface area is 206 Å². The number of hydrogen-bond acceptors (Lipinski definition) is 4. The molecule has 0 spiro atoms. The topological polar surface area (TPSA) is 74.7 Å². The maximum atomic E-state index is 12.2. The standard InChI is InChI=1S/C27H18Cl2N4O/c1-33-16-31-15-24(33)27(34,18-7-10-20(28)11-8-18)19-9-12-22-21(13-19)26(29)25(23(14-30)32-22)17-5-3-2-4-6-17/h2-13,15-16,34H,1H3. The van der Waals surface area contributed by atoms with Gasteiger partial charge in [-0.1, -0.05) is 71.7 Å². The third-order valence-electron chi connectivity index (χ3n) is 5.96. The van der Waals surface area contributed by atoms with E-state index in [9.17, 15) is 10.4 Å². The fourth-order valence-corrected chi connectivity index (χ4v) is 4.73. The Kier molecular flexibility index (Phi) is 5.59. The van der Waals surface area contributed by atoms with Gasteiger partial charge in [0.25, 0.3) is 0 Å². The number of halogens is 2. The van der Waals surface area contributed by atoms with E-state index < -0.39 is 5.60 Å². The number of nitriles is 1. The fraction of sp³-hybridized carbons (Fsp3) is 0.0741. The molecule has 0 bridgehead atoms. The van der Waals surface area contributed by atoms with E-state index in [1.54, 1.807) is 53.5 Å². The van der Waals surface area contributed by atoms with Crippen LogP contribution in [-0.2, 0) is 12.6 Å². The Balaban J connectivity index is 1.80. The minimum Gasteiger partial charge on any atom is -0.374 e. The first-order valence-electron chi connectivity index (χ1n) is 10.5. The van der Waals surface area contributed by atoms with Crippen LogP contribution in [0.25, 0.3) is 22.0 Å². The number of imidazole rings is 1. The van der Waals surface area contributed by atoms with Gasteiger partial charge in [0.05, 0.1) is 28.8 Å². The number of aryl methyl sites for hydroxylation is 1. The number of aliphatic hydroxyl groups is 1. The first-order valence-corrected chi connectivity index (χ1v) is 11.2. The first-order chi connectivity index (χ1) is 16.4. The van der Waals surface area contributed by atoms with E-state index in [0.717, 1.165) is 5.56 Å². The van der Waals surface area contributed by atoms with Gasteiger partial charge in [0.1, 0.15) is 6.07 Å². The van der Waals surface area contributed by atoms with Crippen molar-refractivity contribution < 1.29 is 5.11 Å². The van der Waals surface area contributed by atoms with E-state index in [4.69, 9.17) is 23.2 Å². The smallest absolute Gasteiger partial charge is 0.156 e. The number of pyridine rings is 1. The molecule has 0 saturated carbocycles. The van der Waals surface area contributed by atoms with E-state index in [-0.39, 0.29) is 5.69 Å². The number of aromatic nitrogens is 3. The number of benzene rings is 3. The minimum absolute atomic E-state index is 0.246. The summed E-state index contributed by atoms with van der Waals surface area (Å²) >= 11 is 13.0. The molecule has 5 rings (SSSR count). The normalized spacial score (nSPS) is 12.9. The highest BCUT2D eigenvalue weighted by Gasteiger charge is 2.37. The average Bonchev–Trinajstić information content (AvgIpc) is 3.30. The van der Waals surface area contributed by atoms with Crippen molar-refractivity contribution in [1.29, 1.82) is 5.26 Å². The number of hydrogen-bond donors (Lipinski definition) is 1. The van der Waals surface area contributed by atoms with Crippen molar-refractivity contribution in [2.75, 3.05) is 0 Å². The Morgan fingerprint density at radius 2 is 1.68 bits per heavy atom. The van der Waals surface area contributed by atoms with E-state index >= 15 is 0 Å². The van der Waals surface area contributed by atoms with Crippen molar-refractivity contribution in [3.63, 3.8) is 0 Å². The molecule has 1 atom stereocenters. The highest BCUT2D eigenvalue weighted by Crippen LogP contribution is 2.41. The lowest BCUT2D eigenvalue weighted by atomic mass is 9.83. The van der Waals surface area contributed by atoms with Crippen molar-refractivity contribution >= 4 is 34.1 Å². The van der Waals surface area contributed by atoms with E-state index in [1.165, 1.54) is 0 Å². The third kappa shape index (κ3) is 3.53. The van der Waals surface area contributed by atoms with Crippen LogP contribution in [-0.4, -0.2) is 19.6 Å². The van der Waals surface area contributed by atoms with Crippen molar-refractivity contribution in [2.24, 2.45) is 7.05 Å². The van der Waals surface area contributed by atoms with Gasteiger partial charge >= 0.3 is 0 Å². The summed E-state index contributed by atoms with van der Waals surface area (Å²) in [4.78, 5) is 8.77. The summed E-state index contributed by atoms with van der Waals surface area (Å²) in [6.45, 7) is 0. The van der Waals surface area contributed by atoms with Gasteiger partial charge in [-0.15, -0.1) is 0 Å². The second-order valence-corrected chi connectivity index (χ2v) is 8.78. The second kappa shape index (κ2) is 8.58. The molecule has 166 valence electrons. The summed E-state index contributed by atoms with van der Waals surface area (Å²) in [6, 6.07) is 24.0. The van der Waals surface area contributed by atoms with E-state index in [1.807, 2.05) is 43.4 Å².